The predicted molar refractivity (Wildman–Crippen MR) is 66.9 cm³/mol. The normalized spacial score (nSPS) is 12.1. The zero-order valence-electron chi connectivity index (χ0n) is 10.1. The largest absolute Gasteiger partial charge is 0.394 e. The van der Waals surface area contributed by atoms with Gasteiger partial charge in [0.25, 0.3) is 5.91 Å². The third kappa shape index (κ3) is 2.75. The molecule has 2 N–H and O–H groups in total. The van der Waals surface area contributed by atoms with Crippen molar-refractivity contribution in [3.05, 3.63) is 53.9 Å². The van der Waals surface area contributed by atoms with Crippen molar-refractivity contribution in [1.82, 2.24) is 15.1 Å². The minimum atomic E-state index is -0.416. The number of nitrogens with one attached hydrogen (secondary N) is 1. The second-order valence-electron chi connectivity index (χ2n) is 3.99. The molecule has 2 aromatic rings. The van der Waals surface area contributed by atoms with Crippen LogP contribution in [0.25, 0.3) is 0 Å². The SMILES string of the molecule is Cn1ccc(C(=O)N[C@@H](CO)c2ccccc2)n1. The van der Waals surface area contributed by atoms with E-state index in [0.29, 0.717) is 5.69 Å². The lowest BCUT2D eigenvalue weighted by Gasteiger charge is -2.15. The first-order valence-electron chi connectivity index (χ1n) is 5.67. The van der Waals surface area contributed by atoms with Crippen molar-refractivity contribution in [2.24, 2.45) is 7.05 Å². The minimum Gasteiger partial charge on any atom is -0.394 e. The van der Waals surface area contributed by atoms with Gasteiger partial charge in [-0.3, -0.25) is 9.48 Å². The number of benzene rings is 1. The standard InChI is InChI=1S/C13H15N3O2/c1-16-8-7-11(15-16)13(18)14-12(9-17)10-5-3-2-4-6-10/h2-8,12,17H,9H2,1H3,(H,14,18)/t12-/m0/s1. The van der Waals surface area contributed by atoms with Gasteiger partial charge in [-0.15, -0.1) is 0 Å². The Hall–Kier alpha value is -2.14. The first kappa shape index (κ1) is 12.3. The quantitative estimate of drug-likeness (QED) is 0.840. The molecule has 1 amide bonds. The average Bonchev–Trinajstić information content (AvgIpc) is 2.83. The van der Waals surface area contributed by atoms with E-state index in [0.717, 1.165) is 5.56 Å². The molecule has 0 aliphatic carbocycles. The third-order valence-electron chi connectivity index (χ3n) is 2.64. The molecule has 5 nitrogen and oxygen atoms in total. The number of hydrogen-bond donors (Lipinski definition) is 2. The first-order valence-corrected chi connectivity index (χ1v) is 5.67. The van der Waals surface area contributed by atoms with Crippen LogP contribution in [0, 0.1) is 0 Å². The van der Waals surface area contributed by atoms with Crippen molar-refractivity contribution < 1.29 is 9.90 Å². The van der Waals surface area contributed by atoms with Crippen LogP contribution in [0.2, 0.25) is 0 Å². The van der Waals surface area contributed by atoms with Crippen molar-refractivity contribution in [1.29, 1.82) is 0 Å². The first-order chi connectivity index (χ1) is 8.70. The van der Waals surface area contributed by atoms with Crippen molar-refractivity contribution in [2.45, 2.75) is 6.04 Å². The van der Waals surface area contributed by atoms with Gasteiger partial charge < -0.3 is 10.4 Å². The van der Waals surface area contributed by atoms with Crippen LogP contribution in [0.15, 0.2) is 42.6 Å². The van der Waals surface area contributed by atoms with Gasteiger partial charge >= 0.3 is 0 Å². The van der Waals surface area contributed by atoms with E-state index in [1.54, 1.807) is 24.0 Å². The number of aliphatic hydroxyl groups excluding tert-OH is 1. The number of hydrogen-bond acceptors (Lipinski definition) is 3. The smallest absolute Gasteiger partial charge is 0.272 e. The molecular formula is C13H15N3O2. The molecule has 18 heavy (non-hydrogen) atoms. The molecule has 0 bridgehead atoms. The van der Waals surface area contributed by atoms with E-state index in [1.807, 2.05) is 30.3 Å². The Morgan fingerprint density at radius 2 is 2.11 bits per heavy atom. The molecule has 1 atom stereocenters. The monoisotopic (exact) mass is 245 g/mol. The summed E-state index contributed by atoms with van der Waals surface area (Å²) in [5.41, 5.74) is 1.20. The molecule has 1 heterocycles. The highest BCUT2D eigenvalue weighted by Gasteiger charge is 2.16. The van der Waals surface area contributed by atoms with Crippen molar-refractivity contribution >= 4 is 5.91 Å². The molecule has 1 aromatic carbocycles. The van der Waals surface area contributed by atoms with Gasteiger partial charge in [-0.05, 0) is 11.6 Å². The maximum Gasteiger partial charge on any atom is 0.272 e. The van der Waals surface area contributed by atoms with Gasteiger partial charge in [0.1, 0.15) is 5.69 Å². The Balaban J connectivity index is 2.10. The highest BCUT2D eigenvalue weighted by atomic mass is 16.3. The minimum absolute atomic E-state index is 0.150. The molecule has 2 rings (SSSR count). The summed E-state index contributed by atoms with van der Waals surface area (Å²) < 4.78 is 1.56. The zero-order valence-corrected chi connectivity index (χ0v) is 10.1. The number of aliphatic hydroxyl groups is 1. The molecule has 0 unspecified atom stereocenters. The fourth-order valence-electron chi connectivity index (χ4n) is 1.69. The average molecular weight is 245 g/mol. The molecule has 1 aromatic heterocycles. The van der Waals surface area contributed by atoms with Crippen molar-refractivity contribution in [3.8, 4) is 0 Å². The van der Waals surface area contributed by atoms with Gasteiger partial charge in [0.2, 0.25) is 0 Å². The fourth-order valence-corrected chi connectivity index (χ4v) is 1.69. The van der Waals surface area contributed by atoms with E-state index in [-0.39, 0.29) is 12.5 Å². The van der Waals surface area contributed by atoms with Gasteiger partial charge in [0.15, 0.2) is 0 Å². The van der Waals surface area contributed by atoms with Gasteiger partial charge in [0.05, 0.1) is 12.6 Å². The molecule has 0 saturated heterocycles. The van der Waals surface area contributed by atoms with E-state index in [4.69, 9.17) is 0 Å². The van der Waals surface area contributed by atoms with Crippen LogP contribution in [0.5, 0.6) is 0 Å². The van der Waals surface area contributed by atoms with E-state index < -0.39 is 6.04 Å². The van der Waals surface area contributed by atoms with Crippen molar-refractivity contribution in [2.75, 3.05) is 6.61 Å². The van der Waals surface area contributed by atoms with Crippen LogP contribution >= 0.6 is 0 Å². The molecular weight excluding hydrogens is 230 g/mol. The number of carbonyl (C=O) groups is 1. The van der Waals surface area contributed by atoms with Crippen molar-refractivity contribution in [3.63, 3.8) is 0 Å². The number of nitrogens with zero attached hydrogens (tertiary/aromatic N) is 2. The van der Waals surface area contributed by atoms with Gasteiger partial charge in [-0.2, -0.15) is 5.10 Å². The number of aryl methyl sites for hydroxylation is 1. The lowest BCUT2D eigenvalue weighted by atomic mass is 10.1. The number of carbonyl (C=O) groups excluding carboxylic acids is 1. The Labute approximate surface area is 105 Å². The van der Waals surface area contributed by atoms with Gasteiger partial charge in [0, 0.05) is 13.2 Å². The van der Waals surface area contributed by atoms with Gasteiger partial charge in [-0.1, -0.05) is 30.3 Å². The van der Waals surface area contributed by atoms with Gasteiger partial charge in [-0.25, -0.2) is 0 Å². The lowest BCUT2D eigenvalue weighted by molar-refractivity contribution is 0.0910. The van der Waals surface area contributed by atoms with Crippen LogP contribution in [0.1, 0.15) is 22.1 Å². The zero-order chi connectivity index (χ0) is 13.0. The van der Waals surface area contributed by atoms with Crippen LogP contribution in [-0.4, -0.2) is 27.4 Å². The summed E-state index contributed by atoms with van der Waals surface area (Å²) in [6.45, 7) is -0.150. The van der Waals surface area contributed by atoms with E-state index in [2.05, 4.69) is 10.4 Å². The lowest BCUT2D eigenvalue weighted by Crippen LogP contribution is -2.31. The highest BCUT2D eigenvalue weighted by Crippen LogP contribution is 2.12. The second-order valence-corrected chi connectivity index (χ2v) is 3.99. The summed E-state index contributed by atoms with van der Waals surface area (Å²) in [5, 5.41) is 16.1. The molecule has 0 radical (unpaired) electrons. The highest BCUT2D eigenvalue weighted by molar-refractivity contribution is 5.92. The summed E-state index contributed by atoms with van der Waals surface area (Å²) in [7, 11) is 1.75. The number of aromatic nitrogens is 2. The summed E-state index contributed by atoms with van der Waals surface area (Å²) in [6, 6.07) is 10.6. The van der Waals surface area contributed by atoms with Crippen LogP contribution in [0.3, 0.4) is 0 Å². The van der Waals surface area contributed by atoms with Crippen LogP contribution < -0.4 is 5.32 Å². The Bertz CT molecular complexity index is 522. The second kappa shape index (κ2) is 5.46. The molecule has 94 valence electrons. The number of amides is 1. The third-order valence-corrected chi connectivity index (χ3v) is 2.64. The van der Waals surface area contributed by atoms with E-state index in [9.17, 15) is 9.90 Å². The summed E-state index contributed by atoms with van der Waals surface area (Å²) >= 11 is 0. The summed E-state index contributed by atoms with van der Waals surface area (Å²) in [5.74, 6) is -0.293. The molecule has 0 saturated carbocycles. The Kier molecular flexibility index (Phi) is 3.74. The number of rotatable bonds is 4. The molecule has 0 aliphatic rings. The molecule has 0 spiro atoms. The summed E-state index contributed by atoms with van der Waals surface area (Å²) in [4.78, 5) is 11.9. The predicted octanol–water partition coefficient (Wildman–Crippen LogP) is 0.883. The van der Waals surface area contributed by atoms with Crippen LogP contribution in [-0.2, 0) is 7.05 Å². The van der Waals surface area contributed by atoms with E-state index >= 15 is 0 Å². The molecule has 5 heteroatoms. The molecule has 0 fully saturated rings. The Morgan fingerprint density at radius 3 is 2.67 bits per heavy atom. The fraction of sp³-hybridized carbons (Fsp3) is 0.231. The molecule has 0 aliphatic heterocycles. The Morgan fingerprint density at radius 1 is 1.39 bits per heavy atom. The topological polar surface area (TPSA) is 67.2 Å². The summed E-state index contributed by atoms with van der Waals surface area (Å²) in [6.07, 6.45) is 1.70. The maximum atomic E-state index is 11.9. The van der Waals surface area contributed by atoms with E-state index in [1.165, 1.54) is 0 Å². The van der Waals surface area contributed by atoms with Crippen LogP contribution in [0.4, 0.5) is 0 Å². The maximum absolute atomic E-state index is 11.9.